The van der Waals surface area contributed by atoms with Gasteiger partial charge in [0, 0.05) is 17.6 Å². The van der Waals surface area contributed by atoms with E-state index in [9.17, 15) is 18.0 Å². The van der Waals surface area contributed by atoms with Gasteiger partial charge in [0.15, 0.2) is 0 Å². The number of nitrogens with zero attached hydrogens (tertiary/aromatic N) is 2. The number of hydrogen-bond donors (Lipinski definition) is 1. The third-order valence-electron chi connectivity index (χ3n) is 6.16. The van der Waals surface area contributed by atoms with E-state index in [-0.39, 0.29) is 29.0 Å². The summed E-state index contributed by atoms with van der Waals surface area (Å²) in [5, 5.41) is 2.89. The van der Waals surface area contributed by atoms with Crippen molar-refractivity contribution in [3.63, 3.8) is 0 Å². The molecule has 0 aliphatic carbocycles. The first-order valence-electron chi connectivity index (χ1n) is 13.2. The summed E-state index contributed by atoms with van der Waals surface area (Å²) in [5.74, 6) is -0.278. The van der Waals surface area contributed by atoms with Crippen molar-refractivity contribution < 1.29 is 22.7 Å². The molecule has 0 aliphatic heterocycles. The van der Waals surface area contributed by atoms with Crippen molar-refractivity contribution in [1.29, 1.82) is 0 Å². The van der Waals surface area contributed by atoms with Crippen molar-refractivity contribution in [2.24, 2.45) is 5.92 Å². The van der Waals surface area contributed by atoms with Crippen molar-refractivity contribution in [3.8, 4) is 5.75 Å². The SMILES string of the molecule is CCOc1ccccc1N(CC(=O)N(Cc1ccc(Br)cc1)[C@@H](C)C(=O)NCC(C)C)S(=O)(=O)c1ccccc1. The fraction of sp³-hybridized carbons (Fsp3) is 0.333. The molecule has 40 heavy (non-hydrogen) atoms. The second kappa shape index (κ2) is 14.3. The molecular formula is C30H36BrN3O5S. The van der Waals surface area contributed by atoms with Crippen LogP contribution >= 0.6 is 15.9 Å². The zero-order valence-electron chi connectivity index (χ0n) is 23.2. The van der Waals surface area contributed by atoms with Crippen LogP contribution < -0.4 is 14.4 Å². The minimum absolute atomic E-state index is 0.0382. The van der Waals surface area contributed by atoms with E-state index in [0.29, 0.717) is 18.9 Å². The average Bonchev–Trinajstić information content (AvgIpc) is 2.94. The van der Waals surface area contributed by atoms with Crippen LogP contribution in [-0.2, 0) is 26.2 Å². The molecule has 0 fully saturated rings. The summed E-state index contributed by atoms with van der Waals surface area (Å²) in [6.07, 6.45) is 0. The van der Waals surface area contributed by atoms with Crippen LogP contribution in [0.2, 0.25) is 0 Å². The van der Waals surface area contributed by atoms with Gasteiger partial charge in [-0.05, 0) is 61.7 Å². The molecule has 8 nitrogen and oxygen atoms in total. The topological polar surface area (TPSA) is 96.0 Å². The predicted molar refractivity (Wildman–Crippen MR) is 161 cm³/mol. The predicted octanol–water partition coefficient (Wildman–Crippen LogP) is 5.23. The first kappa shape index (κ1) is 31.2. The number of para-hydroxylation sites is 2. The maximum atomic E-state index is 14.0. The number of ether oxygens (including phenoxy) is 1. The van der Waals surface area contributed by atoms with Crippen LogP contribution in [-0.4, -0.2) is 50.9 Å². The lowest BCUT2D eigenvalue weighted by molar-refractivity contribution is -0.139. The van der Waals surface area contributed by atoms with Gasteiger partial charge in [-0.1, -0.05) is 72.2 Å². The Kier molecular flexibility index (Phi) is 11.2. The standard InChI is InChI=1S/C30H36BrN3O5S/c1-5-39-28-14-10-9-13-27(28)34(40(37,38)26-11-7-6-8-12-26)21-29(35)33(20-24-15-17-25(31)18-16-24)23(4)30(36)32-19-22(2)3/h6-18,22-23H,5,19-21H2,1-4H3,(H,32,36)/t23-/m0/s1. The lowest BCUT2D eigenvalue weighted by Gasteiger charge is -2.32. The van der Waals surface area contributed by atoms with Gasteiger partial charge >= 0.3 is 0 Å². The molecule has 0 spiro atoms. The van der Waals surface area contributed by atoms with Gasteiger partial charge in [0.25, 0.3) is 10.0 Å². The number of carbonyl (C=O) groups is 2. The van der Waals surface area contributed by atoms with E-state index in [4.69, 9.17) is 4.74 Å². The summed E-state index contributed by atoms with van der Waals surface area (Å²) in [6.45, 7) is 7.78. The van der Waals surface area contributed by atoms with Crippen molar-refractivity contribution in [2.75, 3.05) is 24.0 Å². The van der Waals surface area contributed by atoms with Crippen LogP contribution in [0, 0.1) is 5.92 Å². The quantitative estimate of drug-likeness (QED) is 0.279. The van der Waals surface area contributed by atoms with Crippen molar-refractivity contribution >= 4 is 43.5 Å². The number of benzene rings is 3. The van der Waals surface area contributed by atoms with Gasteiger partial charge in [-0.2, -0.15) is 0 Å². The number of sulfonamides is 1. The Labute approximate surface area is 245 Å². The highest BCUT2D eigenvalue weighted by Crippen LogP contribution is 2.33. The van der Waals surface area contributed by atoms with E-state index in [1.165, 1.54) is 17.0 Å². The van der Waals surface area contributed by atoms with Gasteiger partial charge in [-0.15, -0.1) is 0 Å². The van der Waals surface area contributed by atoms with Crippen LogP contribution in [0.25, 0.3) is 0 Å². The number of nitrogens with one attached hydrogen (secondary N) is 1. The first-order valence-corrected chi connectivity index (χ1v) is 15.4. The number of carbonyl (C=O) groups excluding carboxylic acids is 2. The minimum atomic E-state index is -4.17. The third-order valence-corrected chi connectivity index (χ3v) is 8.46. The van der Waals surface area contributed by atoms with E-state index in [1.807, 2.05) is 38.1 Å². The molecule has 2 amide bonds. The van der Waals surface area contributed by atoms with Gasteiger partial charge in [-0.3, -0.25) is 13.9 Å². The zero-order chi connectivity index (χ0) is 29.3. The molecule has 0 unspecified atom stereocenters. The zero-order valence-corrected chi connectivity index (χ0v) is 25.6. The van der Waals surface area contributed by atoms with E-state index in [1.54, 1.807) is 56.3 Å². The number of rotatable bonds is 13. The van der Waals surface area contributed by atoms with Gasteiger partial charge in [-0.25, -0.2) is 8.42 Å². The maximum Gasteiger partial charge on any atom is 0.264 e. The van der Waals surface area contributed by atoms with Gasteiger partial charge in [0.2, 0.25) is 11.8 Å². The largest absolute Gasteiger partial charge is 0.492 e. The van der Waals surface area contributed by atoms with E-state index in [0.717, 1.165) is 14.3 Å². The number of anilines is 1. The van der Waals surface area contributed by atoms with Crippen LogP contribution in [0.15, 0.2) is 88.2 Å². The van der Waals surface area contributed by atoms with E-state index >= 15 is 0 Å². The van der Waals surface area contributed by atoms with Crippen molar-refractivity contribution in [1.82, 2.24) is 10.2 Å². The molecule has 0 radical (unpaired) electrons. The number of hydrogen-bond acceptors (Lipinski definition) is 5. The number of amides is 2. The molecule has 1 N–H and O–H groups in total. The molecule has 0 heterocycles. The molecule has 0 bridgehead atoms. The normalized spacial score (nSPS) is 12.1. The van der Waals surface area contributed by atoms with Gasteiger partial charge in [0.1, 0.15) is 18.3 Å². The van der Waals surface area contributed by atoms with Gasteiger partial charge in [0.05, 0.1) is 17.2 Å². The smallest absolute Gasteiger partial charge is 0.264 e. The summed E-state index contributed by atoms with van der Waals surface area (Å²) >= 11 is 3.42. The summed E-state index contributed by atoms with van der Waals surface area (Å²) in [6, 6.07) is 21.2. The molecule has 0 aromatic heterocycles. The highest BCUT2D eigenvalue weighted by atomic mass is 79.9. The fourth-order valence-electron chi connectivity index (χ4n) is 4.00. The molecular weight excluding hydrogens is 594 g/mol. The molecule has 3 rings (SSSR count). The molecule has 10 heteroatoms. The molecule has 0 aliphatic rings. The van der Waals surface area contributed by atoms with Crippen LogP contribution in [0.5, 0.6) is 5.75 Å². The third kappa shape index (κ3) is 8.08. The second-order valence-corrected chi connectivity index (χ2v) is 12.5. The Morgan fingerprint density at radius 1 is 0.925 bits per heavy atom. The van der Waals surface area contributed by atoms with E-state index < -0.39 is 28.5 Å². The molecule has 1 atom stereocenters. The van der Waals surface area contributed by atoms with Crippen LogP contribution in [0.4, 0.5) is 5.69 Å². The Morgan fingerprint density at radius 2 is 1.55 bits per heavy atom. The minimum Gasteiger partial charge on any atom is -0.492 e. The highest BCUT2D eigenvalue weighted by molar-refractivity contribution is 9.10. The van der Waals surface area contributed by atoms with Crippen molar-refractivity contribution in [3.05, 3.63) is 88.9 Å². The second-order valence-electron chi connectivity index (χ2n) is 9.69. The Balaban J connectivity index is 2.04. The molecule has 0 saturated heterocycles. The Morgan fingerprint density at radius 3 is 2.17 bits per heavy atom. The summed E-state index contributed by atoms with van der Waals surface area (Å²) in [4.78, 5) is 28.6. The lowest BCUT2D eigenvalue weighted by atomic mass is 10.1. The molecule has 0 saturated carbocycles. The van der Waals surface area contributed by atoms with Crippen molar-refractivity contribution in [2.45, 2.75) is 45.2 Å². The Hall–Kier alpha value is -3.37. The molecule has 3 aromatic rings. The molecule has 3 aromatic carbocycles. The summed E-state index contributed by atoms with van der Waals surface area (Å²) in [7, 11) is -4.17. The highest BCUT2D eigenvalue weighted by Gasteiger charge is 2.33. The fourth-order valence-corrected chi connectivity index (χ4v) is 5.71. The number of halogens is 1. The average molecular weight is 631 g/mol. The summed E-state index contributed by atoms with van der Waals surface area (Å²) in [5.41, 5.74) is 1.04. The monoisotopic (exact) mass is 629 g/mol. The van der Waals surface area contributed by atoms with E-state index in [2.05, 4.69) is 21.2 Å². The maximum absolute atomic E-state index is 14.0. The van der Waals surface area contributed by atoms with Crippen LogP contribution in [0.1, 0.15) is 33.3 Å². The molecule has 214 valence electrons. The first-order chi connectivity index (χ1) is 19.0. The van der Waals surface area contributed by atoms with Crippen LogP contribution in [0.3, 0.4) is 0 Å². The van der Waals surface area contributed by atoms with Gasteiger partial charge < -0.3 is 15.0 Å². The lowest BCUT2D eigenvalue weighted by Crippen LogP contribution is -2.51. The Bertz CT molecular complexity index is 1380. The summed E-state index contributed by atoms with van der Waals surface area (Å²) < 4.78 is 35.6.